The van der Waals surface area contributed by atoms with Crippen LogP contribution in [0.3, 0.4) is 0 Å². The van der Waals surface area contributed by atoms with Crippen molar-refractivity contribution in [1.29, 1.82) is 0 Å². The fourth-order valence-corrected chi connectivity index (χ4v) is 3.01. The lowest BCUT2D eigenvalue weighted by Crippen LogP contribution is -2.26. The number of rotatable bonds is 8. The van der Waals surface area contributed by atoms with Gasteiger partial charge in [-0.3, -0.25) is 0 Å². The summed E-state index contributed by atoms with van der Waals surface area (Å²) in [5, 5.41) is 3.77. The average Bonchev–Trinajstić information content (AvgIpc) is 2.60. The molecule has 0 spiro atoms. The molecule has 0 fully saturated rings. The molecule has 1 N–H and O–H groups in total. The molecule has 0 amide bonds. The van der Waals surface area contributed by atoms with E-state index in [9.17, 15) is 0 Å². The zero-order valence-corrected chi connectivity index (χ0v) is 15.4. The Morgan fingerprint density at radius 1 is 0.917 bits per heavy atom. The van der Waals surface area contributed by atoms with Crippen molar-refractivity contribution in [2.24, 2.45) is 5.92 Å². The van der Waals surface area contributed by atoms with Crippen LogP contribution in [0.4, 0.5) is 0 Å². The third-order valence-corrected chi connectivity index (χ3v) is 4.27. The molecule has 0 aliphatic carbocycles. The minimum atomic E-state index is 0.199. The van der Waals surface area contributed by atoms with Crippen molar-refractivity contribution in [1.82, 2.24) is 5.32 Å². The van der Waals surface area contributed by atoms with Crippen LogP contribution in [0.2, 0.25) is 0 Å². The van der Waals surface area contributed by atoms with Crippen molar-refractivity contribution in [2.45, 2.75) is 39.3 Å². The van der Waals surface area contributed by atoms with E-state index in [-0.39, 0.29) is 12.1 Å². The summed E-state index contributed by atoms with van der Waals surface area (Å²) in [7, 11) is 3.42. The highest BCUT2D eigenvalue weighted by molar-refractivity contribution is 5.42. The van der Waals surface area contributed by atoms with Gasteiger partial charge in [0.25, 0.3) is 0 Å². The fraction of sp³-hybridized carbons (Fsp3) is 0.429. The number of nitrogens with one attached hydrogen (secondary N) is 1. The molecule has 0 aliphatic heterocycles. The van der Waals surface area contributed by atoms with Gasteiger partial charge < -0.3 is 14.8 Å². The van der Waals surface area contributed by atoms with Crippen LogP contribution < -0.4 is 14.8 Å². The number of ether oxygens (including phenoxy) is 2. The minimum Gasteiger partial charge on any atom is -0.497 e. The summed E-state index contributed by atoms with van der Waals surface area (Å²) in [6.45, 7) is 6.69. The summed E-state index contributed by atoms with van der Waals surface area (Å²) in [6, 6.07) is 17.0. The van der Waals surface area contributed by atoms with Gasteiger partial charge in [-0.1, -0.05) is 44.2 Å². The van der Waals surface area contributed by atoms with Crippen molar-refractivity contribution in [2.75, 3.05) is 14.2 Å². The zero-order chi connectivity index (χ0) is 17.5. The van der Waals surface area contributed by atoms with Gasteiger partial charge in [-0.05, 0) is 43.0 Å². The van der Waals surface area contributed by atoms with Crippen LogP contribution in [0.1, 0.15) is 50.4 Å². The van der Waals surface area contributed by atoms with Crippen molar-refractivity contribution in [3.63, 3.8) is 0 Å². The molecule has 2 aromatic carbocycles. The Balaban J connectivity index is 2.31. The largest absolute Gasteiger partial charge is 0.497 e. The van der Waals surface area contributed by atoms with Crippen molar-refractivity contribution >= 4 is 0 Å². The first kappa shape index (κ1) is 18.3. The van der Waals surface area contributed by atoms with Crippen LogP contribution in [0.15, 0.2) is 48.5 Å². The van der Waals surface area contributed by atoms with Gasteiger partial charge in [0.15, 0.2) is 0 Å². The quantitative estimate of drug-likeness (QED) is 0.728. The maximum Gasteiger partial charge on any atom is 0.123 e. The highest BCUT2D eigenvalue weighted by Gasteiger charge is 2.21. The molecule has 130 valence electrons. The average molecular weight is 327 g/mol. The molecular weight excluding hydrogens is 298 g/mol. The third-order valence-electron chi connectivity index (χ3n) is 4.27. The molecule has 1 unspecified atom stereocenters. The van der Waals surface area contributed by atoms with Gasteiger partial charge in [0, 0.05) is 17.6 Å². The molecule has 0 heterocycles. The van der Waals surface area contributed by atoms with Crippen molar-refractivity contribution in [3.05, 3.63) is 59.7 Å². The number of benzene rings is 2. The van der Waals surface area contributed by atoms with Gasteiger partial charge in [-0.15, -0.1) is 0 Å². The topological polar surface area (TPSA) is 30.5 Å². The van der Waals surface area contributed by atoms with E-state index >= 15 is 0 Å². The van der Waals surface area contributed by atoms with Gasteiger partial charge in [0.2, 0.25) is 0 Å². The molecular formula is C21H29NO2. The number of methoxy groups -OCH3 is 2. The molecule has 0 bridgehead atoms. The van der Waals surface area contributed by atoms with E-state index in [0.717, 1.165) is 23.5 Å². The zero-order valence-electron chi connectivity index (χ0n) is 15.4. The van der Waals surface area contributed by atoms with Crippen LogP contribution in [0.25, 0.3) is 0 Å². The van der Waals surface area contributed by atoms with Crippen LogP contribution in [0.5, 0.6) is 11.5 Å². The highest BCUT2D eigenvalue weighted by Crippen LogP contribution is 2.34. The Morgan fingerprint density at radius 2 is 1.62 bits per heavy atom. The van der Waals surface area contributed by atoms with Gasteiger partial charge in [0.1, 0.15) is 11.5 Å². The van der Waals surface area contributed by atoms with Gasteiger partial charge >= 0.3 is 0 Å². The van der Waals surface area contributed by atoms with E-state index in [1.165, 1.54) is 5.56 Å². The number of hydrogen-bond donors (Lipinski definition) is 1. The molecule has 0 aliphatic rings. The van der Waals surface area contributed by atoms with Crippen LogP contribution in [-0.4, -0.2) is 14.2 Å². The van der Waals surface area contributed by atoms with E-state index in [2.05, 4.69) is 56.4 Å². The summed E-state index contributed by atoms with van der Waals surface area (Å²) in [5.41, 5.74) is 2.43. The summed E-state index contributed by atoms with van der Waals surface area (Å²) in [4.78, 5) is 0. The molecule has 0 saturated carbocycles. The van der Waals surface area contributed by atoms with Crippen LogP contribution >= 0.6 is 0 Å². The monoisotopic (exact) mass is 327 g/mol. The van der Waals surface area contributed by atoms with Crippen LogP contribution in [0, 0.1) is 5.92 Å². The van der Waals surface area contributed by atoms with E-state index in [4.69, 9.17) is 9.47 Å². The predicted octanol–water partition coefficient (Wildman–Crippen LogP) is 5.14. The number of hydrogen-bond acceptors (Lipinski definition) is 3. The van der Waals surface area contributed by atoms with Gasteiger partial charge in [-0.25, -0.2) is 0 Å². The summed E-state index contributed by atoms with van der Waals surface area (Å²) < 4.78 is 11.0. The van der Waals surface area contributed by atoms with Gasteiger partial charge in [-0.2, -0.15) is 0 Å². The third kappa shape index (κ3) is 4.75. The lowest BCUT2D eigenvalue weighted by atomic mass is 9.94. The van der Waals surface area contributed by atoms with Gasteiger partial charge in [0.05, 0.1) is 14.2 Å². The molecule has 3 heteroatoms. The van der Waals surface area contributed by atoms with E-state index in [0.29, 0.717) is 5.92 Å². The second-order valence-electron chi connectivity index (χ2n) is 6.59. The van der Waals surface area contributed by atoms with E-state index in [1.807, 2.05) is 18.2 Å². The molecule has 2 atom stereocenters. The Hall–Kier alpha value is -2.00. The molecule has 0 radical (unpaired) electrons. The normalized spacial score (nSPS) is 13.6. The molecule has 2 aromatic rings. The van der Waals surface area contributed by atoms with E-state index < -0.39 is 0 Å². The molecule has 2 rings (SSSR count). The predicted molar refractivity (Wildman–Crippen MR) is 99.7 cm³/mol. The summed E-state index contributed by atoms with van der Waals surface area (Å²) in [5.74, 6) is 2.32. The highest BCUT2D eigenvalue weighted by atomic mass is 16.5. The Morgan fingerprint density at radius 3 is 2.21 bits per heavy atom. The maximum atomic E-state index is 5.60. The summed E-state index contributed by atoms with van der Waals surface area (Å²) >= 11 is 0. The lowest BCUT2D eigenvalue weighted by Gasteiger charge is -2.27. The molecule has 24 heavy (non-hydrogen) atoms. The lowest BCUT2D eigenvalue weighted by molar-refractivity contribution is 0.360. The molecule has 0 aromatic heterocycles. The SMILES string of the molecule is COc1ccc(OC)c(C(CC(C)C)N[C@@H](C)c2ccccc2)c1. The first-order valence-electron chi connectivity index (χ1n) is 8.58. The van der Waals surface area contributed by atoms with Crippen molar-refractivity contribution < 1.29 is 9.47 Å². The fourth-order valence-electron chi connectivity index (χ4n) is 3.01. The molecule has 3 nitrogen and oxygen atoms in total. The molecule has 0 saturated heterocycles. The first-order chi connectivity index (χ1) is 11.5. The Kier molecular flexibility index (Phi) is 6.68. The van der Waals surface area contributed by atoms with E-state index in [1.54, 1.807) is 14.2 Å². The standard InChI is InChI=1S/C21H29NO2/c1-15(2)13-20(22-16(3)17-9-7-6-8-10-17)19-14-18(23-4)11-12-21(19)24-5/h6-12,14-16,20,22H,13H2,1-5H3/t16-,20?/m0/s1. The second kappa shape index (κ2) is 8.74. The maximum absolute atomic E-state index is 5.60. The van der Waals surface area contributed by atoms with Crippen LogP contribution in [-0.2, 0) is 0 Å². The minimum absolute atomic E-state index is 0.199. The Bertz CT molecular complexity index is 625. The Labute approximate surface area is 146 Å². The van der Waals surface area contributed by atoms with Crippen molar-refractivity contribution in [3.8, 4) is 11.5 Å². The second-order valence-corrected chi connectivity index (χ2v) is 6.59. The summed E-state index contributed by atoms with van der Waals surface area (Å²) in [6.07, 6.45) is 1.03. The first-order valence-corrected chi connectivity index (χ1v) is 8.58. The smallest absolute Gasteiger partial charge is 0.123 e.